The standard InChI is InChI=1S/C15H25N3S2/c1-14(2)7-10(16)12-11(8-14)17-13(20-12)18-5-6-19-15(3,4)9-18/h10H,5-9,16H2,1-4H3. The number of thiazole rings is 1. The Kier molecular flexibility index (Phi) is 3.58. The fourth-order valence-electron chi connectivity index (χ4n) is 3.30. The number of aromatic nitrogens is 1. The monoisotopic (exact) mass is 311 g/mol. The Morgan fingerprint density at radius 1 is 1.30 bits per heavy atom. The van der Waals surface area contributed by atoms with E-state index in [1.807, 2.05) is 11.3 Å². The van der Waals surface area contributed by atoms with Crippen molar-refractivity contribution in [2.75, 3.05) is 23.7 Å². The lowest BCUT2D eigenvalue weighted by Crippen LogP contribution is -2.43. The first kappa shape index (κ1) is 14.7. The molecule has 1 aliphatic heterocycles. The molecule has 3 nitrogen and oxygen atoms in total. The van der Waals surface area contributed by atoms with Gasteiger partial charge in [-0.3, -0.25) is 0 Å². The first-order valence-corrected chi connectivity index (χ1v) is 9.20. The molecule has 0 aromatic carbocycles. The summed E-state index contributed by atoms with van der Waals surface area (Å²) in [5.41, 5.74) is 7.91. The average molecular weight is 312 g/mol. The van der Waals surface area contributed by atoms with Crippen LogP contribution in [0.4, 0.5) is 5.13 Å². The van der Waals surface area contributed by atoms with Gasteiger partial charge in [-0.05, 0) is 32.1 Å². The van der Waals surface area contributed by atoms with Crippen LogP contribution in [0.3, 0.4) is 0 Å². The van der Waals surface area contributed by atoms with E-state index < -0.39 is 0 Å². The molecule has 1 unspecified atom stereocenters. The number of fused-ring (bicyclic) bond motifs is 1. The molecule has 0 amide bonds. The topological polar surface area (TPSA) is 42.2 Å². The molecular formula is C15H25N3S2. The summed E-state index contributed by atoms with van der Waals surface area (Å²) < 4.78 is 0.325. The lowest BCUT2D eigenvalue weighted by Gasteiger charge is -2.37. The normalized spacial score (nSPS) is 28.2. The fraction of sp³-hybridized carbons (Fsp3) is 0.800. The van der Waals surface area contributed by atoms with E-state index in [1.54, 1.807) is 0 Å². The van der Waals surface area contributed by atoms with Gasteiger partial charge in [-0.2, -0.15) is 11.8 Å². The molecule has 0 radical (unpaired) electrons. The van der Waals surface area contributed by atoms with Gasteiger partial charge in [0.2, 0.25) is 0 Å². The van der Waals surface area contributed by atoms with Crippen LogP contribution in [0.15, 0.2) is 0 Å². The van der Waals surface area contributed by atoms with Crippen molar-refractivity contribution in [3.63, 3.8) is 0 Å². The van der Waals surface area contributed by atoms with Gasteiger partial charge in [-0.1, -0.05) is 25.2 Å². The van der Waals surface area contributed by atoms with Crippen molar-refractivity contribution in [3.05, 3.63) is 10.6 Å². The molecule has 2 heterocycles. The number of hydrogen-bond donors (Lipinski definition) is 1. The van der Waals surface area contributed by atoms with Gasteiger partial charge in [0.05, 0.1) is 5.69 Å². The smallest absolute Gasteiger partial charge is 0.185 e. The highest BCUT2D eigenvalue weighted by Crippen LogP contribution is 2.44. The maximum Gasteiger partial charge on any atom is 0.185 e. The Morgan fingerprint density at radius 2 is 2.05 bits per heavy atom. The van der Waals surface area contributed by atoms with Crippen molar-refractivity contribution in [3.8, 4) is 0 Å². The van der Waals surface area contributed by atoms with E-state index in [9.17, 15) is 0 Å². The van der Waals surface area contributed by atoms with Gasteiger partial charge in [0.25, 0.3) is 0 Å². The van der Waals surface area contributed by atoms with Crippen LogP contribution in [0.1, 0.15) is 50.7 Å². The number of hydrogen-bond acceptors (Lipinski definition) is 5. The number of nitrogens with zero attached hydrogens (tertiary/aromatic N) is 2. The van der Waals surface area contributed by atoms with E-state index in [1.165, 1.54) is 21.5 Å². The first-order valence-electron chi connectivity index (χ1n) is 7.40. The largest absolute Gasteiger partial charge is 0.346 e. The Morgan fingerprint density at radius 3 is 2.75 bits per heavy atom. The molecular weight excluding hydrogens is 286 g/mol. The summed E-state index contributed by atoms with van der Waals surface area (Å²) in [4.78, 5) is 8.73. The molecule has 1 aromatic heterocycles. The minimum absolute atomic E-state index is 0.173. The highest BCUT2D eigenvalue weighted by atomic mass is 32.2. The molecule has 0 saturated carbocycles. The van der Waals surface area contributed by atoms with E-state index in [0.717, 1.165) is 25.9 Å². The van der Waals surface area contributed by atoms with Crippen molar-refractivity contribution in [1.82, 2.24) is 4.98 Å². The maximum absolute atomic E-state index is 6.37. The molecule has 0 spiro atoms. The van der Waals surface area contributed by atoms with Crippen LogP contribution in [0.25, 0.3) is 0 Å². The zero-order valence-electron chi connectivity index (χ0n) is 12.9. The molecule has 0 bridgehead atoms. The summed E-state index contributed by atoms with van der Waals surface area (Å²) >= 11 is 3.90. The molecule has 20 heavy (non-hydrogen) atoms. The van der Waals surface area contributed by atoms with Crippen LogP contribution in [-0.2, 0) is 6.42 Å². The minimum atomic E-state index is 0.173. The zero-order valence-corrected chi connectivity index (χ0v) is 14.5. The van der Waals surface area contributed by atoms with Crippen LogP contribution in [0.2, 0.25) is 0 Å². The van der Waals surface area contributed by atoms with Crippen molar-refractivity contribution in [2.24, 2.45) is 11.1 Å². The highest BCUT2D eigenvalue weighted by Gasteiger charge is 2.35. The highest BCUT2D eigenvalue weighted by molar-refractivity contribution is 8.00. The second-order valence-corrected chi connectivity index (χ2v) is 10.3. The molecule has 1 aliphatic carbocycles. The molecule has 2 aliphatic rings. The number of rotatable bonds is 1. The summed E-state index contributed by atoms with van der Waals surface area (Å²) in [7, 11) is 0. The van der Waals surface area contributed by atoms with Crippen LogP contribution in [-0.4, -0.2) is 28.6 Å². The van der Waals surface area contributed by atoms with E-state index in [2.05, 4.69) is 44.4 Å². The molecule has 1 atom stereocenters. The van der Waals surface area contributed by atoms with E-state index in [-0.39, 0.29) is 11.5 Å². The molecule has 3 rings (SSSR count). The van der Waals surface area contributed by atoms with Crippen molar-refractivity contribution < 1.29 is 0 Å². The van der Waals surface area contributed by atoms with Crippen molar-refractivity contribution in [2.45, 2.75) is 51.3 Å². The van der Waals surface area contributed by atoms with Crippen LogP contribution in [0, 0.1) is 5.41 Å². The summed E-state index contributed by atoms with van der Waals surface area (Å²) in [6.07, 6.45) is 2.14. The molecule has 5 heteroatoms. The van der Waals surface area contributed by atoms with Gasteiger partial charge in [-0.25, -0.2) is 4.98 Å². The Labute approximate surface area is 130 Å². The van der Waals surface area contributed by atoms with Crippen molar-refractivity contribution in [1.29, 1.82) is 0 Å². The number of thioether (sulfide) groups is 1. The van der Waals surface area contributed by atoms with Crippen LogP contribution in [0.5, 0.6) is 0 Å². The van der Waals surface area contributed by atoms with Gasteiger partial charge in [0.1, 0.15) is 0 Å². The summed E-state index contributed by atoms with van der Waals surface area (Å²) in [6, 6.07) is 0.173. The Hall–Kier alpha value is -0.260. The predicted octanol–water partition coefficient (Wildman–Crippen LogP) is 3.45. The maximum atomic E-state index is 6.37. The fourth-order valence-corrected chi connectivity index (χ4v) is 5.51. The van der Waals surface area contributed by atoms with Crippen LogP contribution < -0.4 is 10.6 Å². The second-order valence-electron chi connectivity index (χ2n) is 7.49. The SMILES string of the molecule is CC1(C)Cc2nc(N3CCSC(C)(C)C3)sc2C(N)C1. The average Bonchev–Trinajstić information content (AvgIpc) is 2.70. The van der Waals surface area contributed by atoms with Crippen LogP contribution >= 0.6 is 23.1 Å². The molecule has 1 aromatic rings. The van der Waals surface area contributed by atoms with E-state index in [0.29, 0.717) is 4.75 Å². The van der Waals surface area contributed by atoms with Gasteiger partial charge in [0, 0.05) is 34.5 Å². The lowest BCUT2D eigenvalue weighted by atomic mass is 9.77. The van der Waals surface area contributed by atoms with E-state index in [4.69, 9.17) is 10.7 Å². The molecule has 1 fully saturated rings. The third-order valence-electron chi connectivity index (χ3n) is 4.17. The molecule has 1 saturated heterocycles. The lowest BCUT2D eigenvalue weighted by molar-refractivity contribution is 0.282. The van der Waals surface area contributed by atoms with Gasteiger partial charge >= 0.3 is 0 Å². The summed E-state index contributed by atoms with van der Waals surface area (Å²) in [6.45, 7) is 11.4. The number of nitrogens with two attached hydrogens (primary N) is 1. The van der Waals surface area contributed by atoms with E-state index >= 15 is 0 Å². The molecule has 112 valence electrons. The van der Waals surface area contributed by atoms with Gasteiger partial charge in [0.15, 0.2) is 5.13 Å². The summed E-state index contributed by atoms with van der Waals surface area (Å²) in [5, 5.41) is 1.19. The summed E-state index contributed by atoms with van der Waals surface area (Å²) in [5.74, 6) is 1.19. The Bertz CT molecular complexity index is 507. The predicted molar refractivity (Wildman–Crippen MR) is 89.9 cm³/mol. The molecule has 2 N–H and O–H groups in total. The Balaban J connectivity index is 1.87. The van der Waals surface area contributed by atoms with Gasteiger partial charge < -0.3 is 10.6 Å². The zero-order chi connectivity index (χ0) is 14.5. The van der Waals surface area contributed by atoms with Crippen molar-refractivity contribution >= 4 is 28.2 Å². The third-order valence-corrected chi connectivity index (χ3v) is 6.76. The third kappa shape index (κ3) is 2.85. The minimum Gasteiger partial charge on any atom is -0.346 e. The van der Waals surface area contributed by atoms with Gasteiger partial charge in [-0.15, -0.1) is 0 Å². The quantitative estimate of drug-likeness (QED) is 0.862. The number of anilines is 1. The second kappa shape index (κ2) is 4.89. The first-order chi connectivity index (χ1) is 9.26.